The van der Waals surface area contributed by atoms with Crippen LogP contribution in [0.15, 0.2) is 22.2 Å². The highest BCUT2D eigenvalue weighted by Crippen LogP contribution is 2.21. The van der Waals surface area contributed by atoms with E-state index in [4.69, 9.17) is 0 Å². The fraction of sp³-hybridized carbons (Fsp3) is 0.333. The predicted octanol–water partition coefficient (Wildman–Crippen LogP) is 1.07. The molecule has 0 amide bonds. The lowest BCUT2D eigenvalue weighted by atomic mass is 10.2. The van der Waals surface area contributed by atoms with E-state index in [-0.39, 0.29) is 10.6 Å². The lowest BCUT2D eigenvalue weighted by Gasteiger charge is -2.08. The van der Waals surface area contributed by atoms with Crippen LogP contribution in [0.5, 0.6) is 0 Å². The Balaban J connectivity index is 2.15. The number of thioether (sulfide) groups is 1. The molecule has 2 rings (SSSR count). The highest BCUT2D eigenvalue weighted by molar-refractivity contribution is 7.99. The molecule has 2 heterocycles. The third-order valence-electron chi connectivity index (χ3n) is 2.79. The summed E-state index contributed by atoms with van der Waals surface area (Å²) in [5, 5.41) is 9.42. The summed E-state index contributed by atoms with van der Waals surface area (Å²) in [6, 6.07) is 0. The maximum Gasteiger partial charge on any atom is 0.346 e. The summed E-state index contributed by atoms with van der Waals surface area (Å²) < 4.78 is 1.95. The van der Waals surface area contributed by atoms with Crippen molar-refractivity contribution in [3.63, 3.8) is 0 Å². The SMILES string of the molecule is Cc1[nH]c(=O)nc(SCCn2ccnc2C)c1C(=O)O. The molecule has 2 N–H and O–H groups in total. The lowest BCUT2D eigenvalue weighted by molar-refractivity contribution is 0.0690. The Morgan fingerprint density at radius 3 is 2.85 bits per heavy atom. The molecule has 7 nitrogen and oxygen atoms in total. The molecule has 0 bridgehead atoms. The second-order valence-corrected chi connectivity index (χ2v) is 5.25. The number of hydrogen-bond donors (Lipinski definition) is 2. The molecule has 0 atom stereocenters. The van der Waals surface area contributed by atoms with Crippen LogP contribution in [0.4, 0.5) is 0 Å². The smallest absolute Gasteiger partial charge is 0.346 e. The zero-order valence-corrected chi connectivity index (χ0v) is 11.9. The first-order valence-electron chi connectivity index (χ1n) is 5.94. The first-order chi connectivity index (χ1) is 9.49. The summed E-state index contributed by atoms with van der Waals surface area (Å²) in [6.07, 6.45) is 3.56. The van der Waals surface area contributed by atoms with Gasteiger partial charge in [0.15, 0.2) is 0 Å². The molecule has 0 saturated carbocycles. The average molecular weight is 294 g/mol. The highest BCUT2D eigenvalue weighted by Gasteiger charge is 2.16. The highest BCUT2D eigenvalue weighted by atomic mass is 32.2. The molecule has 0 aliphatic heterocycles. The fourth-order valence-corrected chi connectivity index (χ4v) is 2.81. The van der Waals surface area contributed by atoms with E-state index in [0.29, 0.717) is 18.0 Å². The monoisotopic (exact) mass is 294 g/mol. The average Bonchev–Trinajstić information content (AvgIpc) is 2.73. The largest absolute Gasteiger partial charge is 0.478 e. The number of aryl methyl sites for hydroxylation is 3. The first kappa shape index (κ1) is 14.3. The molecule has 8 heteroatoms. The molecule has 2 aromatic heterocycles. The molecule has 2 aromatic rings. The maximum absolute atomic E-state index is 11.3. The molecular formula is C12H14N4O3S. The van der Waals surface area contributed by atoms with Crippen molar-refractivity contribution in [2.45, 2.75) is 25.4 Å². The minimum atomic E-state index is -1.09. The van der Waals surface area contributed by atoms with Gasteiger partial charge >= 0.3 is 11.7 Å². The van der Waals surface area contributed by atoms with Gasteiger partial charge in [-0.25, -0.2) is 14.6 Å². The van der Waals surface area contributed by atoms with Crippen LogP contribution in [-0.2, 0) is 6.54 Å². The second-order valence-electron chi connectivity index (χ2n) is 4.17. The molecule has 106 valence electrons. The first-order valence-corrected chi connectivity index (χ1v) is 6.92. The number of aromatic carboxylic acids is 1. The van der Waals surface area contributed by atoms with E-state index in [1.54, 1.807) is 13.1 Å². The van der Waals surface area contributed by atoms with E-state index >= 15 is 0 Å². The number of aromatic nitrogens is 4. The number of hydrogen-bond acceptors (Lipinski definition) is 5. The maximum atomic E-state index is 11.3. The van der Waals surface area contributed by atoms with E-state index in [0.717, 1.165) is 5.82 Å². The van der Waals surface area contributed by atoms with Crippen molar-refractivity contribution in [3.05, 3.63) is 40.0 Å². The number of carboxylic acid groups (broad SMARTS) is 1. The van der Waals surface area contributed by atoms with Gasteiger partial charge in [0.05, 0.1) is 0 Å². The second kappa shape index (κ2) is 5.91. The van der Waals surface area contributed by atoms with Crippen molar-refractivity contribution in [1.82, 2.24) is 19.5 Å². The Morgan fingerprint density at radius 1 is 1.50 bits per heavy atom. The van der Waals surface area contributed by atoms with Crippen LogP contribution >= 0.6 is 11.8 Å². The summed E-state index contributed by atoms with van der Waals surface area (Å²) in [5.41, 5.74) is -0.162. The number of carboxylic acids is 1. The van der Waals surface area contributed by atoms with Crippen LogP contribution in [0.25, 0.3) is 0 Å². The Bertz CT molecular complexity index is 692. The van der Waals surface area contributed by atoms with E-state index in [9.17, 15) is 14.7 Å². The van der Waals surface area contributed by atoms with Crippen molar-refractivity contribution in [1.29, 1.82) is 0 Å². The third-order valence-corrected chi connectivity index (χ3v) is 3.75. The number of H-pyrrole nitrogens is 1. The van der Waals surface area contributed by atoms with Gasteiger partial charge in [-0.1, -0.05) is 0 Å². The topological polar surface area (TPSA) is 101 Å². The van der Waals surface area contributed by atoms with Crippen LogP contribution in [-0.4, -0.2) is 36.3 Å². The molecule has 0 aliphatic carbocycles. The van der Waals surface area contributed by atoms with Gasteiger partial charge in [-0.2, -0.15) is 4.98 Å². The predicted molar refractivity (Wildman–Crippen MR) is 74.2 cm³/mol. The molecular weight excluding hydrogens is 280 g/mol. The Kier molecular flexibility index (Phi) is 4.23. The van der Waals surface area contributed by atoms with Gasteiger partial charge in [-0.05, 0) is 13.8 Å². The number of nitrogens with one attached hydrogen (secondary N) is 1. The lowest BCUT2D eigenvalue weighted by Crippen LogP contribution is -2.18. The van der Waals surface area contributed by atoms with Crippen LogP contribution in [0, 0.1) is 13.8 Å². The fourth-order valence-electron chi connectivity index (χ4n) is 1.80. The number of carbonyl (C=O) groups is 1. The summed E-state index contributed by atoms with van der Waals surface area (Å²) in [6.45, 7) is 4.11. The number of nitrogens with zero attached hydrogens (tertiary/aromatic N) is 3. The Labute approximate surface area is 119 Å². The van der Waals surface area contributed by atoms with Crippen LogP contribution < -0.4 is 5.69 Å². The molecule has 20 heavy (non-hydrogen) atoms. The molecule has 0 aromatic carbocycles. The summed E-state index contributed by atoms with van der Waals surface area (Å²) in [4.78, 5) is 32.8. The Morgan fingerprint density at radius 2 is 2.25 bits per heavy atom. The quantitative estimate of drug-likeness (QED) is 0.632. The number of imidazole rings is 1. The summed E-state index contributed by atoms with van der Waals surface area (Å²) >= 11 is 1.25. The normalized spacial score (nSPS) is 10.7. The van der Waals surface area contributed by atoms with E-state index < -0.39 is 11.7 Å². The molecule has 0 aliphatic rings. The van der Waals surface area contributed by atoms with Crippen molar-refractivity contribution in [2.24, 2.45) is 0 Å². The van der Waals surface area contributed by atoms with Gasteiger partial charge in [-0.15, -0.1) is 11.8 Å². The van der Waals surface area contributed by atoms with Crippen LogP contribution in [0.1, 0.15) is 21.9 Å². The van der Waals surface area contributed by atoms with E-state index in [1.807, 2.05) is 17.7 Å². The molecule has 0 fully saturated rings. The van der Waals surface area contributed by atoms with Crippen molar-refractivity contribution in [2.75, 3.05) is 5.75 Å². The van der Waals surface area contributed by atoms with Gasteiger partial charge in [-0.3, -0.25) is 0 Å². The number of rotatable bonds is 5. The van der Waals surface area contributed by atoms with E-state index in [2.05, 4.69) is 15.0 Å². The van der Waals surface area contributed by atoms with E-state index in [1.165, 1.54) is 11.8 Å². The standard InChI is InChI=1S/C12H14N4O3S/c1-7-9(11(17)18)10(15-12(19)14-7)20-6-5-16-4-3-13-8(16)2/h3-4H,5-6H2,1-2H3,(H,17,18)(H,14,15,19). The van der Waals surface area contributed by atoms with Gasteiger partial charge in [0, 0.05) is 30.4 Å². The number of aromatic amines is 1. The Hall–Kier alpha value is -2.09. The molecule has 0 radical (unpaired) electrons. The van der Waals surface area contributed by atoms with Gasteiger partial charge < -0.3 is 14.7 Å². The van der Waals surface area contributed by atoms with Crippen molar-refractivity contribution >= 4 is 17.7 Å². The zero-order valence-electron chi connectivity index (χ0n) is 11.1. The summed E-state index contributed by atoms with van der Waals surface area (Å²) in [5.74, 6) is 0.402. The molecule has 0 saturated heterocycles. The van der Waals surface area contributed by atoms with Gasteiger partial charge in [0.1, 0.15) is 16.4 Å². The van der Waals surface area contributed by atoms with Gasteiger partial charge in [0.25, 0.3) is 0 Å². The summed E-state index contributed by atoms with van der Waals surface area (Å²) in [7, 11) is 0. The van der Waals surface area contributed by atoms with Gasteiger partial charge in [0.2, 0.25) is 0 Å². The third kappa shape index (κ3) is 3.08. The minimum Gasteiger partial charge on any atom is -0.478 e. The van der Waals surface area contributed by atoms with Crippen LogP contribution in [0.2, 0.25) is 0 Å². The van der Waals surface area contributed by atoms with Crippen LogP contribution in [0.3, 0.4) is 0 Å². The molecule has 0 unspecified atom stereocenters. The molecule has 0 spiro atoms. The van der Waals surface area contributed by atoms with Crippen molar-refractivity contribution in [3.8, 4) is 0 Å². The zero-order chi connectivity index (χ0) is 14.7. The van der Waals surface area contributed by atoms with Crippen molar-refractivity contribution < 1.29 is 9.90 Å². The minimum absolute atomic E-state index is 0.0527.